The Labute approximate surface area is 106 Å². The van der Waals surface area contributed by atoms with Crippen LogP contribution in [0.4, 0.5) is 5.69 Å². The molecule has 4 heteroatoms. The predicted molar refractivity (Wildman–Crippen MR) is 72.2 cm³/mol. The average Bonchev–Trinajstić information content (AvgIpc) is 2.19. The molecule has 0 bridgehead atoms. The lowest BCUT2D eigenvalue weighted by molar-refractivity contribution is 0.361. The topological polar surface area (TPSA) is 51.1 Å². The molecule has 0 amide bonds. The molecule has 3 N–H and O–H groups in total. The average molecular weight is 286 g/mol. The third-order valence-electron chi connectivity index (χ3n) is 3.17. The van der Waals surface area contributed by atoms with Crippen molar-refractivity contribution in [2.24, 2.45) is 0 Å². The molecular formula is C12H20BrN3. The molecule has 3 nitrogen and oxygen atoms in total. The quantitative estimate of drug-likeness (QED) is 0.799. The smallest absolute Gasteiger partial charge is 0.106 e. The number of piperidine rings is 1. The van der Waals surface area contributed by atoms with Gasteiger partial charge in [-0.25, -0.2) is 4.98 Å². The van der Waals surface area contributed by atoms with Crippen LogP contribution in [-0.4, -0.2) is 17.1 Å². The Morgan fingerprint density at radius 2 is 2.06 bits per heavy atom. The van der Waals surface area contributed by atoms with Gasteiger partial charge in [0.25, 0.3) is 0 Å². The van der Waals surface area contributed by atoms with Crippen molar-refractivity contribution >= 4 is 21.6 Å². The van der Waals surface area contributed by atoms with Gasteiger partial charge in [0, 0.05) is 12.1 Å². The molecule has 0 radical (unpaired) electrons. The van der Waals surface area contributed by atoms with Gasteiger partial charge in [-0.2, -0.15) is 0 Å². The monoisotopic (exact) mass is 285 g/mol. The molecule has 16 heavy (non-hydrogen) atoms. The highest BCUT2D eigenvalue weighted by Gasteiger charge is 2.29. The van der Waals surface area contributed by atoms with Crippen molar-refractivity contribution in [3.05, 3.63) is 22.9 Å². The lowest BCUT2D eigenvalue weighted by atomic mass is 9.90. The van der Waals surface area contributed by atoms with Gasteiger partial charge in [-0.05, 0) is 61.2 Å². The Bertz CT molecular complexity index is 335. The summed E-state index contributed by atoms with van der Waals surface area (Å²) in [6.45, 7) is 5.78. The summed E-state index contributed by atoms with van der Waals surface area (Å²) >= 11 is 3.37. The molecule has 0 aliphatic carbocycles. The number of halogens is 1. The van der Waals surface area contributed by atoms with E-state index in [9.17, 15) is 0 Å². The van der Waals surface area contributed by atoms with E-state index in [4.69, 9.17) is 0 Å². The van der Waals surface area contributed by atoms with Crippen molar-refractivity contribution in [1.29, 1.82) is 0 Å². The number of rotatable bonds is 1. The molecule has 0 saturated carbocycles. The van der Waals surface area contributed by atoms with Crippen molar-refractivity contribution in [2.75, 3.05) is 11.4 Å². The maximum atomic E-state index is 4.29. The van der Waals surface area contributed by atoms with Crippen LogP contribution in [0.1, 0.15) is 33.1 Å². The minimum Gasteiger partial charge on any atom is -0.365 e. The van der Waals surface area contributed by atoms with Crippen LogP contribution in [0.5, 0.6) is 0 Å². The highest BCUT2D eigenvalue weighted by molar-refractivity contribution is 9.10. The first-order valence-electron chi connectivity index (χ1n) is 5.49. The van der Waals surface area contributed by atoms with E-state index in [-0.39, 0.29) is 11.7 Å². The van der Waals surface area contributed by atoms with E-state index in [0.29, 0.717) is 0 Å². The Morgan fingerprint density at radius 3 is 2.62 bits per heavy atom. The normalized spacial score (nSPS) is 19.1. The standard InChI is InChI=1S/C12H17BrN2.H3N/c1-12(2)7-3-4-8-15(12)10-5-6-11(13)14-9-10;/h5-6,9H,3-4,7-8H2,1-2H3;1H3. The first kappa shape index (κ1) is 13.5. The minimum absolute atomic E-state index is 0. The number of pyridine rings is 1. The molecule has 0 aromatic carbocycles. The zero-order chi connectivity index (χ0) is 10.9. The van der Waals surface area contributed by atoms with Crippen molar-refractivity contribution in [3.8, 4) is 0 Å². The zero-order valence-electron chi connectivity index (χ0n) is 10.0. The van der Waals surface area contributed by atoms with Crippen LogP contribution in [0.15, 0.2) is 22.9 Å². The summed E-state index contributed by atoms with van der Waals surface area (Å²) < 4.78 is 0.904. The van der Waals surface area contributed by atoms with E-state index in [1.54, 1.807) is 0 Å². The molecule has 1 saturated heterocycles. The summed E-state index contributed by atoms with van der Waals surface area (Å²) in [5.74, 6) is 0. The van der Waals surface area contributed by atoms with Gasteiger partial charge >= 0.3 is 0 Å². The first-order valence-corrected chi connectivity index (χ1v) is 6.28. The van der Waals surface area contributed by atoms with Crippen molar-refractivity contribution < 1.29 is 0 Å². The number of aromatic nitrogens is 1. The predicted octanol–water partition coefficient (Wildman–Crippen LogP) is 3.78. The molecule has 1 aromatic rings. The minimum atomic E-state index is 0. The van der Waals surface area contributed by atoms with Gasteiger partial charge in [-0.3, -0.25) is 0 Å². The van der Waals surface area contributed by atoms with E-state index >= 15 is 0 Å². The van der Waals surface area contributed by atoms with Crippen LogP contribution in [0.3, 0.4) is 0 Å². The lowest BCUT2D eigenvalue weighted by Gasteiger charge is -2.44. The van der Waals surface area contributed by atoms with Crippen LogP contribution in [0.2, 0.25) is 0 Å². The molecule has 2 heterocycles. The van der Waals surface area contributed by atoms with Crippen LogP contribution < -0.4 is 11.1 Å². The molecule has 1 aliphatic heterocycles. The maximum absolute atomic E-state index is 4.29. The highest BCUT2D eigenvalue weighted by atomic mass is 79.9. The fraction of sp³-hybridized carbons (Fsp3) is 0.583. The van der Waals surface area contributed by atoms with E-state index < -0.39 is 0 Å². The molecule has 1 aliphatic rings. The Balaban J connectivity index is 0.00000128. The molecule has 0 spiro atoms. The largest absolute Gasteiger partial charge is 0.365 e. The van der Waals surface area contributed by atoms with Crippen LogP contribution in [-0.2, 0) is 0 Å². The molecule has 90 valence electrons. The molecular weight excluding hydrogens is 266 g/mol. The summed E-state index contributed by atoms with van der Waals surface area (Å²) in [5.41, 5.74) is 1.51. The number of hydrogen-bond donors (Lipinski definition) is 1. The molecule has 0 atom stereocenters. The summed E-state index contributed by atoms with van der Waals surface area (Å²) in [5, 5.41) is 0. The number of nitrogens with zero attached hydrogens (tertiary/aromatic N) is 2. The van der Waals surface area contributed by atoms with E-state index in [1.165, 1.54) is 24.9 Å². The van der Waals surface area contributed by atoms with Crippen molar-refractivity contribution in [1.82, 2.24) is 11.1 Å². The maximum Gasteiger partial charge on any atom is 0.106 e. The Hall–Kier alpha value is -0.610. The summed E-state index contributed by atoms with van der Waals surface area (Å²) in [6.07, 6.45) is 5.85. The van der Waals surface area contributed by atoms with Crippen LogP contribution in [0.25, 0.3) is 0 Å². The van der Waals surface area contributed by atoms with Gasteiger partial charge in [0.1, 0.15) is 4.60 Å². The third kappa shape index (κ3) is 2.74. The second-order valence-electron chi connectivity index (χ2n) is 4.76. The van der Waals surface area contributed by atoms with Crippen molar-refractivity contribution in [3.63, 3.8) is 0 Å². The van der Waals surface area contributed by atoms with E-state index in [2.05, 4.69) is 45.7 Å². The van der Waals surface area contributed by atoms with Gasteiger partial charge < -0.3 is 11.1 Å². The van der Waals surface area contributed by atoms with Gasteiger partial charge in [0.15, 0.2) is 0 Å². The van der Waals surface area contributed by atoms with Crippen LogP contribution >= 0.6 is 15.9 Å². The molecule has 1 aromatic heterocycles. The third-order valence-corrected chi connectivity index (χ3v) is 3.64. The van der Waals surface area contributed by atoms with Gasteiger partial charge in [0.2, 0.25) is 0 Å². The summed E-state index contributed by atoms with van der Waals surface area (Å²) in [4.78, 5) is 6.76. The molecule has 1 fully saturated rings. The van der Waals surface area contributed by atoms with E-state index in [0.717, 1.165) is 11.1 Å². The summed E-state index contributed by atoms with van der Waals surface area (Å²) in [6, 6.07) is 4.16. The Morgan fingerprint density at radius 1 is 1.31 bits per heavy atom. The van der Waals surface area contributed by atoms with Gasteiger partial charge in [0.05, 0.1) is 11.9 Å². The molecule has 0 unspecified atom stereocenters. The first-order chi connectivity index (χ1) is 7.09. The SMILES string of the molecule is CC1(C)CCCCN1c1ccc(Br)nc1.N. The molecule has 2 rings (SSSR count). The second kappa shape index (κ2) is 5.15. The summed E-state index contributed by atoms with van der Waals surface area (Å²) in [7, 11) is 0. The Kier molecular flexibility index (Phi) is 4.33. The van der Waals surface area contributed by atoms with Crippen LogP contribution in [0, 0.1) is 0 Å². The number of hydrogen-bond acceptors (Lipinski definition) is 3. The second-order valence-corrected chi connectivity index (χ2v) is 5.57. The fourth-order valence-corrected chi connectivity index (χ4v) is 2.51. The highest BCUT2D eigenvalue weighted by Crippen LogP contribution is 2.32. The van der Waals surface area contributed by atoms with Gasteiger partial charge in [-0.15, -0.1) is 0 Å². The lowest BCUT2D eigenvalue weighted by Crippen LogP contribution is -2.47. The number of anilines is 1. The zero-order valence-corrected chi connectivity index (χ0v) is 11.6. The van der Waals surface area contributed by atoms with Gasteiger partial charge in [-0.1, -0.05) is 0 Å². The van der Waals surface area contributed by atoms with E-state index in [1.807, 2.05) is 12.3 Å². The fourth-order valence-electron chi connectivity index (χ4n) is 2.27. The van der Waals surface area contributed by atoms with Crippen molar-refractivity contribution in [2.45, 2.75) is 38.6 Å².